The van der Waals surface area contributed by atoms with Crippen molar-refractivity contribution in [1.29, 1.82) is 0 Å². The normalized spacial score (nSPS) is 21.1. The van der Waals surface area contributed by atoms with Crippen molar-refractivity contribution in [3.05, 3.63) is 60.4 Å². The van der Waals surface area contributed by atoms with Gasteiger partial charge in [-0.05, 0) is 29.3 Å². The Bertz CT molecular complexity index is 1240. The van der Waals surface area contributed by atoms with Crippen molar-refractivity contribution < 1.29 is 14.4 Å². The van der Waals surface area contributed by atoms with Gasteiger partial charge in [0, 0.05) is 38.8 Å². The van der Waals surface area contributed by atoms with E-state index in [1.54, 1.807) is 38.8 Å². The van der Waals surface area contributed by atoms with E-state index in [-0.39, 0.29) is 24.3 Å². The van der Waals surface area contributed by atoms with Crippen LogP contribution in [-0.4, -0.2) is 69.0 Å². The second-order valence-corrected chi connectivity index (χ2v) is 8.72. The van der Waals surface area contributed by atoms with Crippen LogP contribution in [0, 0.1) is 0 Å². The number of carbonyl (C=O) groups is 3. The maximum absolute atomic E-state index is 13.3. The van der Waals surface area contributed by atoms with Gasteiger partial charge in [-0.15, -0.1) is 0 Å². The van der Waals surface area contributed by atoms with Crippen LogP contribution in [0.1, 0.15) is 23.7 Å². The molecule has 32 heavy (non-hydrogen) atoms. The van der Waals surface area contributed by atoms with Crippen molar-refractivity contribution in [1.82, 2.24) is 19.6 Å². The van der Waals surface area contributed by atoms with E-state index < -0.39 is 5.54 Å². The third-order valence-corrected chi connectivity index (χ3v) is 6.62. The van der Waals surface area contributed by atoms with Crippen LogP contribution in [0.2, 0.25) is 0 Å². The lowest BCUT2D eigenvalue weighted by Crippen LogP contribution is -2.67. The predicted molar refractivity (Wildman–Crippen MR) is 120 cm³/mol. The Morgan fingerprint density at radius 3 is 2.56 bits per heavy atom. The fraction of sp³-hybridized carbons (Fsp3) is 0.333. The first-order valence-corrected chi connectivity index (χ1v) is 10.7. The topological polar surface area (TPSA) is 78.8 Å². The molecule has 0 saturated carbocycles. The van der Waals surface area contributed by atoms with Crippen LogP contribution in [0.5, 0.6) is 0 Å². The molecule has 1 atom stereocenters. The molecule has 3 aromatic rings. The van der Waals surface area contributed by atoms with Gasteiger partial charge >= 0.3 is 0 Å². The maximum atomic E-state index is 13.3. The number of hydrogen-bond donors (Lipinski definition) is 0. The van der Waals surface area contributed by atoms with Crippen LogP contribution in [0.25, 0.3) is 10.8 Å². The molecule has 2 fully saturated rings. The Labute approximate surface area is 186 Å². The summed E-state index contributed by atoms with van der Waals surface area (Å²) in [5.74, 6) is -0.344. The lowest BCUT2D eigenvalue weighted by Gasteiger charge is -2.47. The minimum absolute atomic E-state index is 0.00221. The van der Waals surface area contributed by atoms with Gasteiger partial charge in [-0.1, -0.05) is 30.3 Å². The Hall–Kier alpha value is -3.68. The number of aryl methyl sites for hydroxylation is 1. The molecular weight excluding hydrogens is 406 g/mol. The average Bonchev–Trinajstić information content (AvgIpc) is 3.41. The van der Waals surface area contributed by atoms with Crippen LogP contribution in [0.15, 0.2) is 54.9 Å². The Balaban J connectivity index is 1.43. The standard InChI is InChI=1S/C24H25N5O3/c1-17(30)29-14-22(31)28(21-12-25-26(2)13-21)16-24(29)9-10-27(15-24)23(32)20-8-7-18-5-3-4-6-19(18)11-20/h3-8,11-13H,9-10,14-16H2,1-2H3/t24-/m0/s1. The molecule has 3 amide bonds. The predicted octanol–water partition coefficient (Wildman–Crippen LogP) is 2.05. The van der Waals surface area contributed by atoms with Crippen LogP contribution in [0.3, 0.4) is 0 Å². The van der Waals surface area contributed by atoms with E-state index in [9.17, 15) is 14.4 Å². The summed E-state index contributed by atoms with van der Waals surface area (Å²) in [6, 6.07) is 13.7. The average molecular weight is 431 g/mol. The molecule has 164 valence electrons. The summed E-state index contributed by atoms with van der Waals surface area (Å²) in [6.07, 6.45) is 4.07. The van der Waals surface area contributed by atoms with E-state index in [0.29, 0.717) is 37.3 Å². The van der Waals surface area contributed by atoms with Gasteiger partial charge in [0.1, 0.15) is 6.54 Å². The zero-order valence-electron chi connectivity index (χ0n) is 18.2. The smallest absolute Gasteiger partial charge is 0.253 e. The Kier molecular flexibility index (Phi) is 4.73. The number of piperazine rings is 1. The molecular formula is C24H25N5O3. The molecule has 5 rings (SSSR count). The lowest BCUT2D eigenvalue weighted by atomic mass is 9.92. The first-order chi connectivity index (χ1) is 15.4. The van der Waals surface area contributed by atoms with Crippen molar-refractivity contribution in [2.24, 2.45) is 7.05 Å². The third kappa shape index (κ3) is 3.32. The molecule has 0 aliphatic carbocycles. The highest BCUT2D eigenvalue weighted by Gasteiger charge is 2.51. The third-order valence-electron chi connectivity index (χ3n) is 6.62. The summed E-state index contributed by atoms with van der Waals surface area (Å²) in [4.78, 5) is 43.8. The molecule has 0 radical (unpaired) electrons. The number of likely N-dealkylation sites (tertiary alicyclic amines) is 1. The van der Waals surface area contributed by atoms with E-state index in [1.807, 2.05) is 42.5 Å². The minimum atomic E-state index is -0.609. The van der Waals surface area contributed by atoms with E-state index in [1.165, 1.54) is 6.92 Å². The molecule has 3 heterocycles. The van der Waals surface area contributed by atoms with Crippen LogP contribution in [-0.2, 0) is 16.6 Å². The molecule has 2 aliphatic rings. The number of hydrogen-bond acceptors (Lipinski definition) is 4. The number of benzene rings is 2. The van der Waals surface area contributed by atoms with Gasteiger partial charge in [-0.25, -0.2) is 0 Å². The first-order valence-electron chi connectivity index (χ1n) is 10.7. The number of amides is 3. The fourth-order valence-corrected chi connectivity index (χ4v) is 4.97. The maximum Gasteiger partial charge on any atom is 0.253 e. The number of carbonyl (C=O) groups excluding carboxylic acids is 3. The number of nitrogens with zero attached hydrogens (tertiary/aromatic N) is 5. The van der Waals surface area contributed by atoms with Gasteiger partial charge in [0.05, 0.1) is 24.0 Å². The highest BCUT2D eigenvalue weighted by molar-refractivity contribution is 6.00. The largest absolute Gasteiger partial charge is 0.336 e. The molecule has 2 aromatic carbocycles. The Morgan fingerprint density at radius 1 is 1.06 bits per heavy atom. The SMILES string of the molecule is CC(=O)N1CC(=O)N(c2cnn(C)c2)C[C@@]12CCN(C(=O)c1ccc3ccccc3c1)C2. The Morgan fingerprint density at radius 2 is 1.84 bits per heavy atom. The van der Waals surface area contributed by atoms with Crippen LogP contribution < -0.4 is 4.90 Å². The molecule has 0 N–H and O–H groups in total. The van der Waals surface area contributed by atoms with Crippen LogP contribution in [0.4, 0.5) is 5.69 Å². The van der Waals surface area contributed by atoms with Crippen molar-refractivity contribution in [3.8, 4) is 0 Å². The number of fused-ring (bicyclic) bond motifs is 1. The highest BCUT2D eigenvalue weighted by Crippen LogP contribution is 2.35. The van der Waals surface area contributed by atoms with Gasteiger partial charge in [0.2, 0.25) is 11.8 Å². The second kappa shape index (κ2) is 7.47. The van der Waals surface area contributed by atoms with Gasteiger partial charge < -0.3 is 14.7 Å². The molecule has 0 unspecified atom stereocenters. The summed E-state index contributed by atoms with van der Waals surface area (Å²) in [5.41, 5.74) is 0.729. The molecule has 2 aliphatic heterocycles. The van der Waals surface area contributed by atoms with Crippen molar-refractivity contribution >= 4 is 34.2 Å². The molecule has 2 saturated heterocycles. The highest BCUT2D eigenvalue weighted by atomic mass is 16.2. The summed E-state index contributed by atoms with van der Waals surface area (Å²) in [5, 5.41) is 6.28. The number of anilines is 1. The van der Waals surface area contributed by atoms with E-state index in [4.69, 9.17) is 0 Å². The van der Waals surface area contributed by atoms with Gasteiger partial charge in [0.15, 0.2) is 0 Å². The van der Waals surface area contributed by atoms with Gasteiger partial charge in [-0.2, -0.15) is 5.10 Å². The molecule has 0 bridgehead atoms. The fourth-order valence-electron chi connectivity index (χ4n) is 4.97. The van der Waals surface area contributed by atoms with E-state index in [2.05, 4.69) is 5.10 Å². The summed E-state index contributed by atoms with van der Waals surface area (Å²) < 4.78 is 1.65. The zero-order valence-corrected chi connectivity index (χ0v) is 18.2. The molecule has 8 heteroatoms. The van der Waals surface area contributed by atoms with Gasteiger partial charge in [-0.3, -0.25) is 19.1 Å². The summed E-state index contributed by atoms with van der Waals surface area (Å²) >= 11 is 0. The number of rotatable bonds is 2. The molecule has 1 aromatic heterocycles. The quantitative estimate of drug-likeness (QED) is 0.622. The first kappa shape index (κ1) is 20.2. The molecule has 8 nitrogen and oxygen atoms in total. The number of aromatic nitrogens is 2. The lowest BCUT2D eigenvalue weighted by molar-refractivity contribution is -0.142. The van der Waals surface area contributed by atoms with E-state index >= 15 is 0 Å². The monoisotopic (exact) mass is 431 g/mol. The summed E-state index contributed by atoms with van der Waals surface area (Å²) in [7, 11) is 1.80. The second-order valence-electron chi connectivity index (χ2n) is 8.72. The van der Waals surface area contributed by atoms with Gasteiger partial charge in [0.25, 0.3) is 5.91 Å². The zero-order chi connectivity index (χ0) is 22.5. The van der Waals surface area contributed by atoms with Crippen molar-refractivity contribution in [3.63, 3.8) is 0 Å². The van der Waals surface area contributed by atoms with Crippen LogP contribution >= 0.6 is 0 Å². The summed E-state index contributed by atoms with van der Waals surface area (Å²) in [6.45, 7) is 2.76. The minimum Gasteiger partial charge on any atom is -0.336 e. The van der Waals surface area contributed by atoms with E-state index in [0.717, 1.165) is 10.8 Å². The van der Waals surface area contributed by atoms with Crippen molar-refractivity contribution in [2.45, 2.75) is 18.9 Å². The molecule has 1 spiro atoms. The van der Waals surface area contributed by atoms with Crippen molar-refractivity contribution in [2.75, 3.05) is 31.1 Å².